The highest BCUT2D eigenvalue weighted by molar-refractivity contribution is 5.33. The second-order valence-corrected chi connectivity index (χ2v) is 6.54. The van der Waals surface area contributed by atoms with Crippen LogP contribution in [0.3, 0.4) is 0 Å². The van der Waals surface area contributed by atoms with E-state index < -0.39 is 0 Å². The van der Waals surface area contributed by atoms with E-state index in [9.17, 15) is 0 Å². The second-order valence-electron chi connectivity index (χ2n) is 6.54. The van der Waals surface area contributed by atoms with Crippen LogP contribution in [0.4, 0.5) is 0 Å². The van der Waals surface area contributed by atoms with E-state index in [-0.39, 0.29) is 0 Å². The minimum atomic E-state index is 0.819. The van der Waals surface area contributed by atoms with Gasteiger partial charge in [0.25, 0.3) is 0 Å². The molecule has 0 saturated carbocycles. The molecule has 0 spiro atoms. The highest BCUT2D eigenvalue weighted by Crippen LogP contribution is 2.17. The maximum atomic E-state index is 3.57. The van der Waals surface area contributed by atoms with E-state index in [1.807, 2.05) is 12.2 Å². The summed E-state index contributed by atoms with van der Waals surface area (Å²) in [4.78, 5) is 0. The van der Waals surface area contributed by atoms with Crippen molar-refractivity contribution >= 4 is 0 Å². The standard InChI is InChI=1S/C23H26N2/c1-19-8-5-6-13-23(19)18-25-17-22-12-7-11-21(14-22)16-24-15-20-9-3-2-4-10-20/h2-3,7-9,11-14,24-25H,5-6,15-18H2,1H3. The number of allylic oxidation sites excluding steroid dienone is 4. The van der Waals surface area contributed by atoms with Crippen LogP contribution in [0.5, 0.6) is 0 Å². The van der Waals surface area contributed by atoms with Crippen LogP contribution in [0.1, 0.15) is 30.9 Å². The van der Waals surface area contributed by atoms with Gasteiger partial charge in [-0.2, -0.15) is 0 Å². The van der Waals surface area contributed by atoms with E-state index in [1.165, 1.54) is 35.1 Å². The average Bonchev–Trinajstić information content (AvgIpc) is 2.65. The molecule has 1 aromatic carbocycles. The van der Waals surface area contributed by atoms with Gasteiger partial charge in [0, 0.05) is 31.8 Å². The van der Waals surface area contributed by atoms with Crippen LogP contribution in [0.2, 0.25) is 0 Å². The zero-order valence-electron chi connectivity index (χ0n) is 14.9. The Morgan fingerprint density at radius 1 is 0.960 bits per heavy atom. The molecule has 0 radical (unpaired) electrons. The van der Waals surface area contributed by atoms with E-state index in [0.717, 1.165) is 31.8 Å². The average molecular weight is 330 g/mol. The van der Waals surface area contributed by atoms with Crippen molar-refractivity contribution in [1.29, 1.82) is 0 Å². The number of hydrogen-bond acceptors (Lipinski definition) is 2. The molecule has 25 heavy (non-hydrogen) atoms. The molecule has 2 aliphatic carbocycles. The Morgan fingerprint density at radius 3 is 2.44 bits per heavy atom. The largest absolute Gasteiger partial charge is 0.309 e. The third kappa shape index (κ3) is 5.60. The number of hydrogen-bond donors (Lipinski definition) is 2. The molecule has 2 nitrogen and oxygen atoms in total. The summed E-state index contributed by atoms with van der Waals surface area (Å²) in [6.45, 7) is 5.75. The third-order valence-corrected chi connectivity index (χ3v) is 4.50. The summed E-state index contributed by atoms with van der Waals surface area (Å²) < 4.78 is 0. The van der Waals surface area contributed by atoms with E-state index in [4.69, 9.17) is 0 Å². The summed E-state index contributed by atoms with van der Waals surface area (Å²) in [5, 5.41) is 7.04. The monoisotopic (exact) mass is 330 g/mol. The predicted octanol–water partition coefficient (Wildman–Crippen LogP) is 4.34. The van der Waals surface area contributed by atoms with Gasteiger partial charge >= 0.3 is 0 Å². The highest BCUT2D eigenvalue weighted by Gasteiger charge is 2.04. The molecule has 0 amide bonds. The van der Waals surface area contributed by atoms with E-state index >= 15 is 0 Å². The fraction of sp³-hybridized carbons (Fsp3) is 0.304. The Kier molecular flexibility index (Phi) is 6.45. The van der Waals surface area contributed by atoms with Crippen LogP contribution >= 0.6 is 0 Å². The molecule has 0 aromatic heterocycles. The van der Waals surface area contributed by atoms with Crippen LogP contribution in [0.25, 0.3) is 0 Å². The Balaban J connectivity index is 1.45. The van der Waals surface area contributed by atoms with Gasteiger partial charge in [-0.25, -0.2) is 0 Å². The van der Waals surface area contributed by atoms with E-state index in [1.54, 1.807) is 0 Å². The third-order valence-electron chi connectivity index (χ3n) is 4.50. The fourth-order valence-electron chi connectivity index (χ4n) is 3.09. The van der Waals surface area contributed by atoms with Crippen molar-refractivity contribution in [2.75, 3.05) is 13.1 Å². The molecule has 2 heteroatoms. The molecule has 1 aromatic rings. The number of benzene rings is 1. The molecular formula is C23H26N2. The SMILES string of the molecule is CC1=CCCC=C1CNCc1cccc(CNCC2=C=C=CC=C2)c1. The predicted molar refractivity (Wildman–Crippen MR) is 105 cm³/mol. The molecule has 0 unspecified atom stereocenters. The quantitative estimate of drug-likeness (QED) is 0.693. The number of rotatable bonds is 8. The first-order valence-corrected chi connectivity index (χ1v) is 9.04. The van der Waals surface area contributed by atoms with Crippen LogP contribution in [0.15, 0.2) is 82.8 Å². The van der Waals surface area contributed by atoms with Gasteiger partial charge < -0.3 is 10.6 Å². The van der Waals surface area contributed by atoms with Crippen molar-refractivity contribution < 1.29 is 0 Å². The van der Waals surface area contributed by atoms with E-state index in [2.05, 4.69) is 71.5 Å². The lowest BCUT2D eigenvalue weighted by Gasteiger charge is -2.14. The molecule has 0 fully saturated rings. The summed E-state index contributed by atoms with van der Waals surface area (Å²) in [6.07, 6.45) is 13.0. The molecule has 0 saturated heterocycles. The van der Waals surface area contributed by atoms with Crippen LogP contribution in [-0.2, 0) is 13.1 Å². The van der Waals surface area contributed by atoms with Gasteiger partial charge in [0.15, 0.2) is 0 Å². The minimum Gasteiger partial charge on any atom is -0.309 e. The second kappa shape index (κ2) is 9.22. The fourth-order valence-corrected chi connectivity index (χ4v) is 3.09. The zero-order chi connectivity index (χ0) is 17.3. The van der Waals surface area contributed by atoms with Crippen LogP contribution in [-0.4, -0.2) is 13.1 Å². The molecule has 2 aliphatic rings. The first kappa shape index (κ1) is 17.5. The normalized spacial score (nSPS) is 15.8. The lowest BCUT2D eigenvalue weighted by molar-refractivity contribution is 0.726. The highest BCUT2D eigenvalue weighted by atomic mass is 14.9. The smallest absolute Gasteiger partial charge is 0.0288 e. The van der Waals surface area contributed by atoms with Gasteiger partial charge in [0.05, 0.1) is 0 Å². The topological polar surface area (TPSA) is 24.1 Å². The van der Waals surface area contributed by atoms with Gasteiger partial charge in [-0.1, -0.05) is 59.5 Å². The zero-order valence-corrected chi connectivity index (χ0v) is 14.9. The van der Waals surface area contributed by atoms with Crippen molar-refractivity contribution in [3.05, 3.63) is 94.0 Å². The maximum absolute atomic E-state index is 3.57. The Morgan fingerprint density at radius 2 is 1.72 bits per heavy atom. The number of nitrogens with one attached hydrogen (secondary N) is 2. The van der Waals surface area contributed by atoms with Crippen molar-refractivity contribution in [3.8, 4) is 0 Å². The summed E-state index contributed by atoms with van der Waals surface area (Å²) in [5.41, 5.74) is 12.8. The molecular weight excluding hydrogens is 304 g/mol. The molecule has 0 aliphatic heterocycles. The Bertz CT molecular complexity index is 795. The summed E-state index contributed by atoms with van der Waals surface area (Å²) in [5.74, 6) is 0. The molecule has 2 N–H and O–H groups in total. The van der Waals surface area contributed by atoms with Gasteiger partial charge in [-0.15, -0.1) is 0 Å². The molecule has 0 heterocycles. The van der Waals surface area contributed by atoms with Crippen LogP contribution < -0.4 is 10.6 Å². The van der Waals surface area contributed by atoms with Crippen molar-refractivity contribution in [3.63, 3.8) is 0 Å². The lowest BCUT2D eigenvalue weighted by atomic mass is 9.99. The van der Waals surface area contributed by atoms with Gasteiger partial charge in [0.2, 0.25) is 0 Å². The molecule has 0 atom stereocenters. The molecule has 128 valence electrons. The van der Waals surface area contributed by atoms with Gasteiger partial charge in [-0.3, -0.25) is 0 Å². The van der Waals surface area contributed by atoms with E-state index in [0.29, 0.717) is 0 Å². The summed E-state index contributed by atoms with van der Waals surface area (Å²) in [6, 6.07) is 8.78. The summed E-state index contributed by atoms with van der Waals surface area (Å²) >= 11 is 0. The summed E-state index contributed by atoms with van der Waals surface area (Å²) in [7, 11) is 0. The van der Waals surface area contributed by atoms with Crippen molar-refractivity contribution in [2.24, 2.45) is 0 Å². The maximum Gasteiger partial charge on any atom is 0.0288 e. The van der Waals surface area contributed by atoms with Gasteiger partial charge in [0.1, 0.15) is 0 Å². The van der Waals surface area contributed by atoms with Crippen LogP contribution in [0, 0.1) is 0 Å². The first-order valence-electron chi connectivity index (χ1n) is 9.04. The van der Waals surface area contributed by atoms with Gasteiger partial charge in [-0.05, 0) is 48.6 Å². The Labute approximate surface area is 151 Å². The van der Waals surface area contributed by atoms with Crippen molar-refractivity contribution in [1.82, 2.24) is 10.6 Å². The first-order chi connectivity index (χ1) is 12.3. The lowest BCUT2D eigenvalue weighted by Crippen LogP contribution is -2.19. The molecule has 3 rings (SSSR count). The minimum absolute atomic E-state index is 0.819. The van der Waals surface area contributed by atoms with Crippen molar-refractivity contribution in [2.45, 2.75) is 32.9 Å². The molecule has 0 bridgehead atoms. The Hall–Kier alpha value is -2.34.